The van der Waals surface area contributed by atoms with Gasteiger partial charge in [-0.3, -0.25) is 0 Å². The van der Waals surface area contributed by atoms with Crippen molar-refractivity contribution in [2.24, 2.45) is 0 Å². The molecular formula is C18H15Br2N. The fourth-order valence-electron chi connectivity index (χ4n) is 2.50. The largest absolute Gasteiger partial charge is 0.379 e. The summed E-state index contributed by atoms with van der Waals surface area (Å²) in [6, 6.07) is 19.2. The summed E-state index contributed by atoms with van der Waals surface area (Å²) in [6.45, 7) is 2.88. The molecule has 0 aliphatic heterocycles. The number of benzene rings is 3. The van der Waals surface area contributed by atoms with Crippen molar-refractivity contribution in [1.82, 2.24) is 0 Å². The first kappa shape index (κ1) is 14.6. The van der Waals surface area contributed by atoms with Crippen LogP contribution in [0.15, 0.2) is 63.5 Å². The van der Waals surface area contributed by atoms with Gasteiger partial charge in [-0.05, 0) is 72.8 Å². The Hall–Kier alpha value is -1.32. The minimum atomic E-state index is 0.793. The molecule has 21 heavy (non-hydrogen) atoms. The van der Waals surface area contributed by atoms with Crippen molar-refractivity contribution in [3.8, 4) is 0 Å². The highest BCUT2D eigenvalue weighted by molar-refractivity contribution is 9.11. The molecule has 0 heterocycles. The average Bonchev–Trinajstić information content (AvgIpc) is 2.46. The van der Waals surface area contributed by atoms with Crippen LogP contribution in [0.1, 0.15) is 11.1 Å². The molecule has 3 aromatic carbocycles. The van der Waals surface area contributed by atoms with Crippen LogP contribution in [0.2, 0.25) is 0 Å². The van der Waals surface area contributed by atoms with Crippen molar-refractivity contribution in [3.63, 3.8) is 0 Å². The summed E-state index contributed by atoms with van der Waals surface area (Å²) in [5.41, 5.74) is 3.62. The molecule has 0 saturated heterocycles. The molecule has 1 N–H and O–H groups in total. The van der Waals surface area contributed by atoms with Gasteiger partial charge in [0.05, 0.1) is 5.69 Å². The van der Waals surface area contributed by atoms with E-state index in [0.29, 0.717) is 0 Å². The predicted octanol–water partition coefficient (Wildman–Crippen LogP) is 6.29. The lowest BCUT2D eigenvalue weighted by molar-refractivity contribution is 1.16. The Morgan fingerprint density at radius 3 is 2.33 bits per heavy atom. The highest BCUT2D eigenvalue weighted by Gasteiger charge is 2.07. The van der Waals surface area contributed by atoms with Crippen LogP contribution in [0.25, 0.3) is 10.8 Å². The first-order valence-corrected chi connectivity index (χ1v) is 8.40. The molecule has 0 atom stereocenters. The second-order valence-corrected chi connectivity index (χ2v) is 6.80. The van der Waals surface area contributed by atoms with Gasteiger partial charge in [0.25, 0.3) is 0 Å². The minimum Gasteiger partial charge on any atom is -0.379 e. The molecule has 0 bridgehead atoms. The first-order valence-electron chi connectivity index (χ1n) is 6.81. The van der Waals surface area contributed by atoms with E-state index in [1.54, 1.807) is 0 Å². The third-order valence-electron chi connectivity index (χ3n) is 3.52. The number of halogens is 2. The van der Waals surface area contributed by atoms with Crippen LogP contribution in [0.3, 0.4) is 0 Å². The van der Waals surface area contributed by atoms with Crippen LogP contribution >= 0.6 is 31.9 Å². The molecule has 0 unspecified atom stereocenters. The second kappa shape index (κ2) is 6.20. The molecule has 106 valence electrons. The molecule has 1 nitrogen and oxygen atoms in total. The number of fused-ring (bicyclic) bond motifs is 1. The summed E-state index contributed by atoms with van der Waals surface area (Å²) < 4.78 is 2.16. The van der Waals surface area contributed by atoms with Gasteiger partial charge in [0.15, 0.2) is 0 Å². The van der Waals surface area contributed by atoms with Gasteiger partial charge in [-0.15, -0.1) is 0 Å². The number of rotatable bonds is 3. The molecule has 0 aromatic heterocycles. The Balaban J connectivity index is 1.91. The molecule has 0 aliphatic rings. The standard InChI is InChI=1S/C18H15Br2N/c1-12-9-16(19)18(17(20)10-12)21-11-14-7-4-6-13-5-2-3-8-15(13)14/h2-10,21H,11H2,1H3. The zero-order valence-corrected chi connectivity index (χ0v) is 14.8. The van der Waals surface area contributed by atoms with E-state index in [9.17, 15) is 0 Å². The van der Waals surface area contributed by atoms with Crippen molar-refractivity contribution in [1.29, 1.82) is 0 Å². The Morgan fingerprint density at radius 1 is 0.905 bits per heavy atom. The fraction of sp³-hybridized carbons (Fsp3) is 0.111. The third kappa shape index (κ3) is 3.14. The number of anilines is 1. The fourth-order valence-corrected chi connectivity index (χ4v) is 4.19. The molecule has 0 aliphatic carbocycles. The van der Waals surface area contributed by atoms with Gasteiger partial charge in [-0.1, -0.05) is 42.5 Å². The van der Waals surface area contributed by atoms with Crippen LogP contribution in [-0.4, -0.2) is 0 Å². The minimum absolute atomic E-state index is 0.793. The summed E-state index contributed by atoms with van der Waals surface area (Å²) in [6.07, 6.45) is 0. The maximum Gasteiger partial charge on any atom is 0.0631 e. The van der Waals surface area contributed by atoms with Crippen molar-refractivity contribution >= 4 is 48.3 Å². The highest BCUT2D eigenvalue weighted by atomic mass is 79.9. The predicted molar refractivity (Wildman–Crippen MR) is 97.9 cm³/mol. The number of hydrogen-bond donors (Lipinski definition) is 1. The van der Waals surface area contributed by atoms with E-state index >= 15 is 0 Å². The maximum absolute atomic E-state index is 3.63. The van der Waals surface area contributed by atoms with Gasteiger partial charge in [0, 0.05) is 15.5 Å². The summed E-state index contributed by atoms with van der Waals surface area (Å²) in [5.74, 6) is 0. The van der Waals surface area contributed by atoms with Crippen molar-refractivity contribution < 1.29 is 0 Å². The van der Waals surface area contributed by atoms with E-state index in [4.69, 9.17) is 0 Å². The van der Waals surface area contributed by atoms with E-state index < -0.39 is 0 Å². The Kier molecular flexibility index (Phi) is 4.32. The lowest BCUT2D eigenvalue weighted by Crippen LogP contribution is -2.02. The quantitative estimate of drug-likeness (QED) is 0.541. The van der Waals surface area contributed by atoms with Crippen LogP contribution < -0.4 is 5.32 Å². The molecule has 0 amide bonds. The van der Waals surface area contributed by atoms with Gasteiger partial charge in [0.2, 0.25) is 0 Å². The lowest BCUT2D eigenvalue weighted by Gasteiger charge is -2.13. The average molecular weight is 405 g/mol. The summed E-state index contributed by atoms with van der Waals surface area (Å²) >= 11 is 7.26. The molecule has 3 rings (SSSR count). The molecule has 3 aromatic rings. The maximum atomic E-state index is 3.63. The molecule has 0 radical (unpaired) electrons. The van der Waals surface area contributed by atoms with Gasteiger partial charge in [0.1, 0.15) is 0 Å². The van der Waals surface area contributed by atoms with E-state index in [1.165, 1.54) is 21.9 Å². The summed E-state index contributed by atoms with van der Waals surface area (Å²) in [5, 5.41) is 6.10. The third-order valence-corrected chi connectivity index (χ3v) is 4.77. The van der Waals surface area contributed by atoms with Crippen LogP contribution in [0.4, 0.5) is 5.69 Å². The van der Waals surface area contributed by atoms with Crippen molar-refractivity contribution in [2.75, 3.05) is 5.32 Å². The Bertz CT molecular complexity index is 768. The van der Waals surface area contributed by atoms with Gasteiger partial charge in [-0.25, -0.2) is 0 Å². The monoisotopic (exact) mass is 403 g/mol. The molecular weight excluding hydrogens is 390 g/mol. The number of nitrogens with one attached hydrogen (secondary N) is 1. The number of aryl methyl sites for hydroxylation is 1. The van der Waals surface area contributed by atoms with E-state index in [2.05, 4.69) is 98.7 Å². The van der Waals surface area contributed by atoms with E-state index in [1.807, 2.05) is 0 Å². The van der Waals surface area contributed by atoms with Crippen LogP contribution in [0.5, 0.6) is 0 Å². The number of hydrogen-bond acceptors (Lipinski definition) is 1. The van der Waals surface area contributed by atoms with Gasteiger partial charge < -0.3 is 5.32 Å². The SMILES string of the molecule is Cc1cc(Br)c(NCc2cccc3ccccc23)c(Br)c1. The Morgan fingerprint density at radius 2 is 1.57 bits per heavy atom. The van der Waals surface area contributed by atoms with Crippen molar-refractivity contribution in [3.05, 3.63) is 74.7 Å². The second-order valence-electron chi connectivity index (χ2n) is 5.10. The highest BCUT2D eigenvalue weighted by Crippen LogP contribution is 2.33. The van der Waals surface area contributed by atoms with E-state index in [-0.39, 0.29) is 0 Å². The zero-order chi connectivity index (χ0) is 14.8. The van der Waals surface area contributed by atoms with E-state index in [0.717, 1.165) is 21.2 Å². The lowest BCUT2D eigenvalue weighted by atomic mass is 10.0. The molecule has 0 saturated carbocycles. The summed E-state index contributed by atoms with van der Waals surface area (Å²) in [7, 11) is 0. The molecule has 0 fully saturated rings. The topological polar surface area (TPSA) is 12.0 Å². The Labute approximate surface area is 141 Å². The normalized spacial score (nSPS) is 10.8. The smallest absolute Gasteiger partial charge is 0.0631 e. The molecule has 0 spiro atoms. The molecule has 3 heteroatoms. The van der Waals surface area contributed by atoms with Crippen molar-refractivity contribution in [2.45, 2.75) is 13.5 Å². The van der Waals surface area contributed by atoms with Crippen LogP contribution in [-0.2, 0) is 6.54 Å². The van der Waals surface area contributed by atoms with Gasteiger partial charge in [-0.2, -0.15) is 0 Å². The van der Waals surface area contributed by atoms with Gasteiger partial charge >= 0.3 is 0 Å². The first-order chi connectivity index (χ1) is 10.1. The summed E-state index contributed by atoms with van der Waals surface area (Å²) in [4.78, 5) is 0. The zero-order valence-electron chi connectivity index (χ0n) is 11.7. The van der Waals surface area contributed by atoms with Crippen LogP contribution in [0, 0.1) is 6.92 Å².